The summed E-state index contributed by atoms with van der Waals surface area (Å²) in [5, 5.41) is 10.8. The number of nitrogens with one attached hydrogen (secondary N) is 2. The molecule has 2 N–H and O–H groups in total. The molecule has 3 rings (SSSR count). The summed E-state index contributed by atoms with van der Waals surface area (Å²) in [4.78, 5) is 25.2. The van der Waals surface area contributed by atoms with Crippen LogP contribution in [-0.4, -0.2) is 40.0 Å². The number of hydrogen-bond acceptors (Lipinski definition) is 6. The average molecular weight is 414 g/mol. The molecule has 1 aromatic heterocycles. The first-order valence-corrected chi connectivity index (χ1v) is 9.64. The Balaban J connectivity index is 2.14. The number of carbonyl (C=O) groups is 2. The van der Waals surface area contributed by atoms with Crippen LogP contribution in [0.2, 0.25) is 0 Å². The lowest BCUT2D eigenvalue weighted by Gasteiger charge is -2.29. The third-order valence-corrected chi connectivity index (χ3v) is 4.53. The molecule has 0 saturated heterocycles. The van der Waals surface area contributed by atoms with Crippen LogP contribution < -0.4 is 10.6 Å². The van der Waals surface area contributed by atoms with Crippen LogP contribution in [-0.2, 0) is 14.3 Å². The second-order valence-corrected chi connectivity index (χ2v) is 6.63. The fraction of sp³-hybridized carbons (Fsp3) is 0.300. The molecule has 0 bridgehead atoms. The number of hydrogen-bond donors (Lipinski definition) is 2. The van der Waals surface area contributed by atoms with Gasteiger partial charge in [0.2, 0.25) is 0 Å². The smallest absolute Gasteiger partial charge is 0.359 e. The van der Waals surface area contributed by atoms with E-state index in [4.69, 9.17) is 21.7 Å². The van der Waals surface area contributed by atoms with Crippen LogP contribution in [0.3, 0.4) is 0 Å². The zero-order valence-corrected chi connectivity index (χ0v) is 17.2. The van der Waals surface area contributed by atoms with Crippen molar-refractivity contribution in [1.29, 1.82) is 0 Å². The number of para-hydroxylation sites is 1. The predicted molar refractivity (Wildman–Crippen MR) is 110 cm³/mol. The SMILES string of the molecule is CCOC(=O)C1=C(C)NC(=S)N[C@H]1c1cn(-c2ccccc2)nc1C(=O)OCC. The molecule has 1 atom stereocenters. The number of nitrogens with zero attached hydrogens (tertiary/aromatic N) is 2. The largest absolute Gasteiger partial charge is 0.463 e. The maximum atomic E-state index is 12.6. The minimum absolute atomic E-state index is 0.104. The first-order chi connectivity index (χ1) is 14.0. The predicted octanol–water partition coefficient (Wildman–Crippen LogP) is 2.40. The molecule has 1 aromatic carbocycles. The van der Waals surface area contributed by atoms with Crippen LogP contribution in [0.15, 0.2) is 47.8 Å². The molecule has 1 aliphatic heterocycles. The quantitative estimate of drug-likeness (QED) is 0.550. The third-order valence-electron chi connectivity index (χ3n) is 4.31. The van der Waals surface area contributed by atoms with Gasteiger partial charge in [0.05, 0.1) is 30.5 Å². The standard InChI is InChI=1S/C20H22N4O4S/c1-4-27-18(25)15-12(3)21-20(29)22-16(15)14-11-24(13-9-7-6-8-10-13)23-17(14)19(26)28-5-2/h6-11,16H,4-5H2,1-3H3,(H2,21,22,29)/t16-/m0/s1. The normalized spacial score (nSPS) is 16.1. The minimum atomic E-state index is -0.709. The molecule has 1 aliphatic rings. The van der Waals surface area contributed by atoms with E-state index in [0.29, 0.717) is 21.9 Å². The lowest BCUT2D eigenvalue weighted by atomic mass is 9.96. The Labute approximate surface area is 173 Å². The summed E-state index contributed by atoms with van der Waals surface area (Å²) in [5.74, 6) is -1.08. The van der Waals surface area contributed by atoms with Crippen LogP contribution in [0.25, 0.3) is 5.69 Å². The zero-order valence-electron chi connectivity index (χ0n) is 16.4. The summed E-state index contributed by atoms with van der Waals surface area (Å²) >= 11 is 5.27. The van der Waals surface area contributed by atoms with Crippen molar-refractivity contribution in [2.24, 2.45) is 0 Å². The molecule has 2 aromatic rings. The molecule has 0 unspecified atom stereocenters. The molecule has 9 heteroatoms. The van der Waals surface area contributed by atoms with Gasteiger partial charge in [-0.2, -0.15) is 5.10 Å². The maximum absolute atomic E-state index is 12.6. The topological polar surface area (TPSA) is 94.5 Å². The lowest BCUT2D eigenvalue weighted by molar-refractivity contribution is -0.139. The first-order valence-electron chi connectivity index (χ1n) is 9.23. The van der Waals surface area contributed by atoms with Gasteiger partial charge >= 0.3 is 11.9 Å². The van der Waals surface area contributed by atoms with Crippen molar-refractivity contribution in [1.82, 2.24) is 20.4 Å². The average Bonchev–Trinajstić information content (AvgIpc) is 3.14. The summed E-state index contributed by atoms with van der Waals surface area (Å²) in [6.07, 6.45) is 1.69. The summed E-state index contributed by atoms with van der Waals surface area (Å²) in [6.45, 7) is 5.61. The minimum Gasteiger partial charge on any atom is -0.463 e. The fourth-order valence-electron chi connectivity index (χ4n) is 3.08. The van der Waals surface area contributed by atoms with Crippen molar-refractivity contribution < 1.29 is 19.1 Å². The van der Waals surface area contributed by atoms with Crippen molar-refractivity contribution in [2.75, 3.05) is 13.2 Å². The molecular formula is C20H22N4O4S. The Hall–Kier alpha value is -3.20. The van der Waals surface area contributed by atoms with Gasteiger partial charge in [-0.25, -0.2) is 14.3 Å². The highest BCUT2D eigenvalue weighted by atomic mass is 32.1. The van der Waals surface area contributed by atoms with Gasteiger partial charge in [0.15, 0.2) is 10.8 Å². The molecule has 0 amide bonds. The molecule has 0 radical (unpaired) electrons. The number of rotatable bonds is 6. The van der Waals surface area contributed by atoms with Crippen molar-refractivity contribution in [3.8, 4) is 5.69 Å². The summed E-state index contributed by atoms with van der Waals surface area (Å²) in [6, 6.07) is 8.64. The molecule has 0 saturated carbocycles. The van der Waals surface area contributed by atoms with Crippen molar-refractivity contribution in [2.45, 2.75) is 26.8 Å². The van der Waals surface area contributed by atoms with E-state index in [1.54, 1.807) is 31.6 Å². The summed E-state index contributed by atoms with van der Waals surface area (Å²) in [7, 11) is 0. The Bertz CT molecular complexity index is 968. The van der Waals surface area contributed by atoms with Gasteiger partial charge in [-0.3, -0.25) is 0 Å². The van der Waals surface area contributed by atoms with Gasteiger partial charge in [0, 0.05) is 17.5 Å². The van der Waals surface area contributed by atoms with Crippen LogP contribution in [0.1, 0.15) is 42.9 Å². The van der Waals surface area contributed by atoms with Crippen molar-refractivity contribution >= 4 is 29.3 Å². The number of esters is 2. The van der Waals surface area contributed by atoms with E-state index in [1.165, 1.54) is 0 Å². The van der Waals surface area contributed by atoms with Gasteiger partial charge in [-0.05, 0) is 45.1 Å². The van der Waals surface area contributed by atoms with Crippen molar-refractivity contribution in [3.63, 3.8) is 0 Å². The van der Waals surface area contributed by atoms with Gasteiger partial charge in [0.1, 0.15) is 0 Å². The zero-order chi connectivity index (χ0) is 21.0. The second kappa shape index (κ2) is 8.87. The Kier molecular flexibility index (Phi) is 6.28. The van der Waals surface area contributed by atoms with E-state index in [0.717, 1.165) is 5.69 Å². The molecule has 0 spiro atoms. The molecular weight excluding hydrogens is 392 g/mol. The number of benzene rings is 1. The summed E-state index contributed by atoms with van der Waals surface area (Å²) in [5.41, 5.74) is 2.23. The lowest BCUT2D eigenvalue weighted by Crippen LogP contribution is -2.45. The van der Waals surface area contributed by atoms with E-state index in [2.05, 4.69) is 15.7 Å². The van der Waals surface area contributed by atoms with Gasteiger partial charge < -0.3 is 20.1 Å². The van der Waals surface area contributed by atoms with E-state index < -0.39 is 18.0 Å². The Morgan fingerprint density at radius 1 is 1.14 bits per heavy atom. The van der Waals surface area contributed by atoms with Crippen LogP contribution in [0, 0.1) is 0 Å². The maximum Gasteiger partial charge on any atom is 0.359 e. The Morgan fingerprint density at radius 2 is 1.79 bits per heavy atom. The van der Waals surface area contributed by atoms with E-state index in [-0.39, 0.29) is 18.9 Å². The molecule has 152 valence electrons. The number of aromatic nitrogens is 2. The highest BCUT2D eigenvalue weighted by Crippen LogP contribution is 2.30. The van der Waals surface area contributed by atoms with Crippen LogP contribution in [0.5, 0.6) is 0 Å². The third kappa shape index (κ3) is 4.29. The van der Waals surface area contributed by atoms with Crippen LogP contribution in [0.4, 0.5) is 0 Å². The van der Waals surface area contributed by atoms with E-state index in [1.807, 2.05) is 30.3 Å². The van der Waals surface area contributed by atoms with Gasteiger partial charge in [-0.15, -0.1) is 0 Å². The molecule has 2 heterocycles. The highest BCUT2D eigenvalue weighted by Gasteiger charge is 2.35. The molecule has 0 aliphatic carbocycles. The number of thiocarbonyl (C=S) groups is 1. The van der Waals surface area contributed by atoms with E-state index in [9.17, 15) is 9.59 Å². The monoisotopic (exact) mass is 414 g/mol. The molecule has 29 heavy (non-hydrogen) atoms. The first kappa shape index (κ1) is 20.5. The number of ether oxygens (including phenoxy) is 2. The number of allylic oxidation sites excluding steroid dienone is 1. The Morgan fingerprint density at radius 3 is 2.45 bits per heavy atom. The van der Waals surface area contributed by atoms with E-state index >= 15 is 0 Å². The number of carbonyl (C=O) groups excluding carboxylic acids is 2. The fourth-order valence-corrected chi connectivity index (χ4v) is 3.35. The van der Waals surface area contributed by atoms with Crippen LogP contribution >= 0.6 is 12.2 Å². The van der Waals surface area contributed by atoms with Gasteiger partial charge in [-0.1, -0.05) is 18.2 Å². The summed E-state index contributed by atoms with van der Waals surface area (Å²) < 4.78 is 12.0. The van der Waals surface area contributed by atoms with Gasteiger partial charge in [0.25, 0.3) is 0 Å². The highest BCUT2D eigenvalue weighted by molar-refractivity contribution is 7.80. The van der Waals surface area contributed by atoms with Crippen molar-refractivity contribution in [3.05, 3.63) is 59.1 Å². The molecule has 8 nitrogen and oxygen atoms in total. The second-order valence-electron chi connectivity index (χ2n) is 6.22. The molecule has 0 fully saturated rings.